The highest BCUT2D eigenvalue weighted by atomic mass is 32.9. The first-order chi connectivity index (χ1) is 10.00. The van der Waals surface area contributed by atoms with Gasteiger partial charge in [-0.1, -0.05) is 86.3 Å². The molecule has 2 aromatic carbocycles. The minimum atomic E-state index is -1.68. The summed E-state index contributed by atoms with van der Waals surface area (Å²) < 4.78 is 0. The average Bonchev–Trinajstić information content (AvgIpc) is 2.49. The SMILES string of the molecule is CC(Cc1ccccc1)P(=S)(S)C(C)Cc1ccccc1.N. The number of rotatable bonds is 6. The van der Waals surface area contributed by atoms with E-state index in [1.165, 1.54) is 11.1 Å². The number of hydrogen-bond acceptors (Lipinski definition) is 2. The zero-order chi connectivity index (χ0) is 15.3. The zero-order valence-electron chi connectivity index (χ0n) is 13.4. The van der Waals surface area contributed by atoms with E-state index in [1.54, 1.807) is 0 Å². The van der Waals surface area contributed by atoms with E-state index in [4.69, 9.17) is 24.1 Å². The molecule has 0 radical (unpaired) electrons. The lowest BCUT2D eigenvalue weighted by Crippen LogP contribution is -2.15. The summed E-state index contributed by atoms with van der Waals surface area (Å²) in [7, 11) is 0. The summed E-state index contributed by atoms with van der Waals surface area (Å²) in [4.78, 5) is 0. The largest absolute Gasteiger partial charge is 0.344 e. The maximum atomic E-state index is 5.96. The topological polar surface area (TPSA) is 35.0 Å². The van der Waals surface area contributed by atoms with Crippen molar-refractivity contribution in [3.05, 3.63) is 71.8 Å². The van der Waals surface area contributed by atoms with Crippen molar-refractivity contribution in [2.24, 2.45) is 0 Å². The third-order valence-electron chi connectivity index (χ3n) is 4.01. The first kappa shape index (κ1) is 19.4. The minimum absolute atomic E-state index is 0. The van der Waals surface area contributed by atoms with Crippen molar-refractivity contribution < 1.29 is 0 Å². The lowest BCUT2D eigenvalue weighted by Gasteiger charge is -2.30. The molecule has 0 fully saturated rings. The first-order valence-electron chi connectivity index (χ1n) is 7.40. The van der Waals surface area contributed by atoms with Gasteiger partial charge in [-0.15, -0.1) is 12.2 Å². The zero-order valence-corrected chi connectivity index (χ0v) is 16.0. The van der Waals surface area contributed by atoms with Crippen molar-refractivity contribution in [1.82, 2.24) is 6.15 Å². The fourth-order valence-electron chi connectivity index (χ4n) is 2.61. The molecular weight excluding hydrogens is 325 g/mol. The van der Waals surface area contributed by atoms with Crippen molar-refractivity contribution in [2.75, 3.05) is 0 Å². The highest BCUT2D eigenvalue weighted by molar-refractivity contribution is 8.63. The Hall–Kier alpha value is -0.600. The van der Waals surface area contributed by atoms with Crippen LogP contribution in [0.1, 0.15) is 25.0 Å². The van der Waals surface area contributed by atoms with Crippen LogP contribution in [0.25, 0.3) is 0 Å². The molecule has 0 saturated carbocycles. The molecule has 0 aliphatic rings. The molecule has 0 aliphatic heterocycles. The monoisotopic (exact) mass is 351 g/mol. The Kier molecular flexibility index (Phi) is 7.85. The molecule has 0 heterocycles. The van der Waals surface area contributed by atoms with E-state index in [1.807, 2.05) is 0 Å². The Bertz CT molecular complexity index is 549. The third-order valence-corrected chi connectivity index (χ3v) is 11.4. The van der Waals surface area contributed by atoms with E-state index < -0.39 is 5.24 Å². The minimum Gasteiger partial charge on any atom is -0.344 e. The molecule has 2 rings (SSSR count). The van der Waals surface area contributed by atoms with Crippen molar-refractivity contribution in [3.8, 4) is 0 Å². The van der Waals surface area contributed by atoms with Gasteiger partial charge in [0.05, 0.1) is 0 Å². The van der Waals surface area contributed by atoms with E-state index in [-0.39, 0.29) is 6.15 Å². The van der Waals surface area contributed by atoms with Crippen LogP contribution in [0.2, 0.25) is 0 Å². The Labute approximate surface area is 145 Å². The van der Waals surface area contributed by atoms with E-state index in [2.05, 4.69) is 74.5 Å². The smallest absolute Gasteiger partial charge is 0.00942 e. The molecule has 0 spiro atoms. The fourth-order valence-corrected chi connectivity index (χ4v) is 5.36. The van der Waals surface area contributed by atoms with Crippen LogP contribution in [0, 0.1) is 0 Å². The quantitative estimate of drug-likeness (QED) is 0.514. The van der Waals surface area contributed by atoms with Gasteiger partial charge < -0.3 is 6.15 Å². The summed E-state index contributed by atoms with van der Waals surface area (Å²) in [5.41, 5.74) is 3.63. The Morgan fingerprint density at radius 1 is 0.818 bits per heavy atom. The molecule has 0 aromatic heterocycles. The maximum Gasteiger partial charge on any atom is 0.00942 e. The normalized spacial score (nSPS) is 16.1. The van der Waals surface area contributed by atoms with Crippen molar-refractivity contribution >= 4 is 29.3 Å². The van der Waals surface area contributed by atoms with Crippen LogP contribution in [-0.2, 0) is 24.6 Å². The summed E-state index contributed by atoms with van der Waals surface area (Å²) >= 11 is 10.9. The highest BCUT2D eigenvalue weighted by Crippen LogP contribution is 2.61. The molecular formula is C18H26NPS2. The van der Waals surface area contributed by atoms with Crippen LogP contribution in [0.5, 0.6) is 0 Å². The van der Waals surface area contributed by atoms with Gasteiger partial charge in [0.25, 0.3) is 0 Å². The van der Waals surface area contributed by atoms with Gasteiger partial charge in [-0.2, -0.15) is 0 Å². The number of benzene rings is 2. The van der Waals surface area contributed by atoms with Crippen molar-refractivity contribution in [2.45, 2.75) is 38.0 Å². The lowest BCUT2D eigenvalue weighted by atomic mass is 10.1. The number of hydrogen-bond donors (Lipinski definition) is 2. The van der Waals surface area contributed by atoms with Gasteiger partial charge in [0, 0.05) is 5.24 Å². The molecule has 0 aliphatic carbocycles. The second kappa shape index (κ2) is 8.88. The van der Waals surface area contributed by atoms with Gasteiger partial charge in [0.1, 0.15) is 0 Å². The Morgan fingerprint density at radius 2 is 1.14 bits per heavy atom. The molecule has 0 amide bonds. The fraction of sp³-hybridized carbons (Fsp3) is 0.333. The molecule has 22 heavy (non-hydrogen) atoms. The van der Waals surface area contributed by atoms with E-state index >= 15 is 0 Å². The summed E-state index contributed by atoms with van der Waals surface area (Å²) in [5, 5.41) is -1.68. The second-order valence-corrected chi connectivity index (χ2v) is 13.5. The molecule has 2 atom stereocenters. The predicted octanol–water partition coefficient (Wildman–Crippen LogP) is 5.74. The van der Waals surface area contributed by atoms with Crippen LogP contribution >= 0.6 is 17.5 Å². The second-order valence-electron chi connectivity index (χ2n) is 5.75. The summed E-state index contributed by atoms with van der Waals surface area (Å²) in [6.07, 6.45) is 2.06. The van der Waals surface area contributed by atoms with E-state index in [0.717, 1.165) is 12.8 Å². The van der Waals surface area contributed by atoms with Crippen LogP contribution in [0.4, 0.5) is 0 Å². The standard InChI is InChI=1S/C18H23PS2.H3N/c1-15(13-17-9-5-3-6-10-17)19(20,21)16(2)14-18-11-7-4-8-12-18;/h3-12,15-16H,13-14H2,1-2H3,(H,20,21);1H3. The molecule has 4 heteroatoms. The molecule has 0 saturated heterocycles. The van der Waals surface area contributed by atoms with E-state index in [9.17, 15) is 0 Å². The van der Waals surface area contributed by atoms with Crippen molar-refractivity contribution in [1.29, 1.82) is 0 Å². The van der Waals surface area contributed by atoms with Gasteiger partial charge >= 0.3 is 0 Å². The molecule has 3 N–H and O–H groups in total. The van der Waals surface area contributed by atoms with Gasteiger partial charge in [0.15, 0.2) is 0 Å². The number of thiol groups is 1. The maximum absolute atomic E-state index is 5.96. The van der Waals surface area contributed by atoms with Crippen LogP contribution in [-0.4, -0.2) is 11.3 Å². The highest BCUT2D eigenvalue weighted by Gasteiger charge is 2.27. The summed E-state index contributed by atoms with van der Waals surface area (Å²) in [6, 6.07) is 21.2. The average molecular weight is 352 g/mol. The molecule has 120 valence electrons. The summed E-state index contributed by atoms with van der Waals surface area (Å²) in [5.74, 6) is 0. The van der Waals surface area contributed by atoms with Crippen LogP contribution in [0.3, 0.4) is 0 Å². The lowest BCUT2D eigenvalue weighted by molar-refractivity contribution is 0.877. The molecule has 2 unspecified atom stereocenters. The molecule has 0 bridgehead atoms. The van der Waals surface area contributed by atoms with E-state index in [0.29, 0.717) is 11.3 Å². The van der Waals surface area contributed by atoms with Crippen LogP contribution in [0.15, 0.2) is 60.7 Å². The van der Waals surface area contributed by atoms with Gasteiger partial charge in [0.2, 0.25) is 0 Å². The van der Waals surface area contributed by atoms with Gasteiger partial charge in [-0.05, 0) is 35.3 Å². The Morgan fingerprint density at radius 3 is 1.45 bits per heavy atom. The summed E-state index contributed by atoms with van der Waals surface area (Å²) in [6.45, 7) is 4.53. The van der Waals surface area contributed by atoms with Gasteiger partial charge in [-0.25, -0.2) is 0 Å². The van der Waals surface area contributed by atoms with Crippen LogP contribution < -0.4 is 6.15 Å². The van der Waals surface area contributed by atoms with Crippen molar-refractivity contribution in [3.63, 3.8) is 0 Å². The predicted molar refractivity (Wildman–Crippen MR) is 108 cm³/mol. The molecule has 2 aromatic rings. The first-order valence-corrected chi connectivity index (χ1v) is 11.5. The third kappa shape index (κ3) is 5.24. The van der Waals surface area contributed by atoms with Gasteiger partial charge in [-0.3, -0.25) is 0 Å². The molecule has 1 nitrogen and oxygen atoms in total. The Balaban J connectivity index is 0.00000242.